The van der Waals surface area contributed by atoms with E-state index in [0.29, 0.717) is 6.42 Å². The summed E-state index contributed by atoms with van der Waals surface area (Å²) in [6.07, 6.45) is 1.47. The normalized spacial score (nSPS) is 16.8. The molecular weight excluding hydrogens is 407 g/mol. The lowest BCUT2D eigenvalue weighted by molar-refractivity contribution is 0.670. The van der Waals surface area contributed by atoms with E-state index in [0.717, 1.165) is 45.4 Å². The molecular formula is C21H22Cl2N6. The number of rotatable bonds is 3. The number of fused-ring (bicyclic) bond motifs is 1. The molecule has 0 aliphatic heterocycles. The van der Waals surface area contributed by atoms with E-state index in [4.69, 9.17) is 27.8 Å². The zero-order valence-corrected chi connectivity index (χ0v) is 17.5. The van der Waals surface area contributed by atoms with Crippen molar-refractivity contribution in [1.29, 1.82) is 5.41 Å². The summed E-state index contributed by atoms with van der Waals surface area (Å²) in [6, 6.07) is 17.9. The smallest absolute Gasteiger partial charge is 0.206 e. The van der Waals surface area contributed by atoms with Gasteiger partial charge in [-0.3, -0.25) is 5.41 Å². The van der Waals surface area contributed by atoms with Crippen molar-refractivity contribution in [2.75, 3.05) is 0 Å². The number of hydrogen-bond acceptors (Lipinski definition) is 3. The molecule has 0 spiro atoms. The van der Waals surface area contributed by atoms with Crippen LogP contribution in [-0.2, 0) is 6.42 Å². The van der Waals surface area contributed by atoms with Gasteiger partial charge in [-0.2, -0.15) is 10.2 Å². The molecule has 0 bridgehead atoms. The number of benzene rings is 2. The van der Waals surface area contributed by atoms with Gasteiger partial charge < -0.3 is 5.73 Å². The fourth-order valence-electron chi connectivity index (χ4n) is 3.80. The third-order valence-corrected chi connectivity index (χ3v) is 5.36. The van der Waals surface area contributed by atoms with Gasteiger partial charge >= 0.3 is 0 Å². The lowest BCUT2D eigenvalue weighted by Crippen LogP contribution is -2.29. The standard InChI is InChI=1S/C21H21ClN6.ClH/c1-13-20-18(25-26-21(23)24)11-14(16-9-5-6-10-17(16)22)12-19(20)27-28(13)15-7-3-2-4-8-15;/h2-10,14H,11-12H2,1H3,(H4,23,24,26);1H. The minimum absolute atomic E-state index is 0. The molecule has 8 heteroatoms. The summed E-state index contributed by atoms with van der Waals surface area (Å²) < 4.78 is 1.95. The van der Waals surface area contributed by atoms with Crippen LogP contribution in [0.3, 0.4) is 0 Å². The molecule has 6 nitrogen and oxygen atoms in total. The zero-order valence-electron chi connectivity index (χ0n) is 15.9. The summed E-state index contributed by atoms with van der Waals surface area (Å²) in [4.78, 5) is 0. The summed E-state index contributed by atoms with van der Waals surface area (Å²) in [5.74, 6) is -0.0331. The average Bonchev–Trinajstić information content (AvgIpc) is 3.04. The largest absolute Gasteiger partial charge is 0.369 e. The fraction of sp³-hybridized carbons (Fsp3) is 0.190. The van der Waals surface area contributed by atoms with Gasteiger partial charge in [-0.25, -0.2) is 10.1 Å². The van der Waals surface area contributed by atoms with Crippen molar-refractivity contribution < 1.29 is 0 Å². The maximum Gasteiger partial charge on any atom is 0.206 e. The molecule has 1 aliphatic carbocycles. The first-order valence-electron chi connectivity index (χ1n) is 9.10. The number of nitrogens with one attached hydrogen (secondary N) is 2. The Morgan fingerprint density at radius 3 is 2.55 bits per heavy atom. The number of halogens is 2. The van der Waals surface area contributed by atoms with Gasteiger partial charge in [-0.1, -0.05) is 48.0 Å². The molecule has 4 N–H and O–H groups in total. The average molecular weight is 429 g/mol. The topological polar surface area (TPSA) is 92.1 Å². The first-order valence-corrected chi connectivity index (χ1v) is 9.47. The minimum Gasteiger partial charge on any atom is -0.369 e. The second-order valence-corrected chi connectivity index (χ2v) is 7.27. The lowest BCUT2D eigenvalue weighted by atomic mass is 9.81. The number of hydrazone groups is 1. The predicted molar refractivity (Wildman–Crippen MR) is 120 cm³/mol. The Bertz CT molecular complexity index is 1060. The van der Waals surface area contributed by atoms with Crippen LogP contribution in [0.2, 0.25) is 5.02 Å². The predicted octanol–water partition coefficient (Wildman–Crippen LogP) is 4.17. The van der Waals surface area contributed by atoms with Crippen molar-refractivity contribution in [3.8, 4) is 5.69 Å². The molecule has 0 saturated heterocycles. The highest BCUT2D eigenvalue weighted by Crippen LogP contribution is 2.37. The maximum absolute atomic E-state index is 7.46. The minimum atomic E-state index is -0.193. The summed E-state index contributed by atoms with van der Waals surface area (Å²) in [7, 11) is 0. The van der Waals surface area contributed by atoms with E-state index >= 15 is 0 Å². The fourth-order valence-corrected chi connectivity index (χ4v) is 4.09. The molecule has 29 heavy (non-hydrogen) atoms. The van der Waals surface area contributed by atoms with Crippen LogP contribution >= 0.6 is 24.0 Å². The van der Waals surface area contributed by atoms with Crippen LogP contribution in [0.4, 0.5) is 0 Å². The number of nitrogens with zero attached hydrogens (tertiary/aromatic N) is 3. The van der Waals surface area contributed by atoms with Crippen molar-refractivity contribution in [1.82, 2.24) is 15.2 Å². The van der Waals surface area contributed by atoms with Crippen LogP contribution in [-0.4, -0.2) is 21.5 Å². The van der Waals surface area contributed by atoms with E-state index in [2.05, 4.69) is 16.6 Å². The van der Waals surface area contributed by atoms with Gasteiger partial charge in [0.2, 0.25) is 5.96 Å². The van der Waals surface area contributed by atoms with Gasteiger partial charge in [-0.05, 0) is 49.4 Å². The Morgan fingerprint density at radius 2 is 1.86 bits per heavy atom. The van der Waals surface area contributed by atoms with Gasteiger partial charge in [0.15, 0.2) is 0 Å². The summed E-state index contributed by atoms with van der Waals surface area (Å²) in [5, 5.41) is 17.5. The summed E-state index contributed by atoms with van der Waals surface area (Å²) >= 11 is 6.46. The van der Waals surface area contributed by atoms with E-state index in [1.54, 1.807) is 0 Å². The first kappa shape index (κ1) is 20.9. The number of nitrogens with two attached hydrogens (primary N) is 1. The molecule has 1 unspecified atom stereocenters. The highest BCUT2D eigenvalue weighted by Gasteiger charge is 2.31. The van der Waals surface area contributed by atoms with E-state index < -0.39 is 0 Å². The van der Waals surface area contributed by atoms with Crippen LogP contribution in [0.1, 0.15) is 34.9 Å². The molecule has 1 aromatic heterocycles. The third-order valence-electron chi connectivity index (χ3n) is 5.01. The highest BCUT2D eigenvalue weighted by molar-refractivity contribution is 6.31. The van der Waals surface area contributed by atoms with E-state index in [-0.39, 0.29) is 24.3 Å². The molecule has 0 radical (unpaired) electrons. The van der Waals surface area contributed by atoms with Gasteiger partial charge in [0.05, 0.1) is 22.8 Å². The Labute approximate surface area is 180 Å². The Hall–Kier alpha value is -2.83. The van der Waals surface area contributed by atoms with E-state index in [9.17, 15) is 0 Å². The second kappa shape index (κ2) is 8.68. The molecule has 1 aliphatic rings. The monoisotopic (exact) mass is 428 g/mol. The third kappa shape index (κ3) is 4.13. The van der Waals surface area contributed by atoms with Crippen molar-refractivity contribution in [2.24, 2.45) is 10.8 Å². The number of guanidine groups is 1. The first-order chi connectivity index (χ1) is 13.5. The van der Waals surface area contributed by atoms with Crippen molar-refractivity contribution in [2.45, 2.75) is 25.7 Å². The Morgan fingerprint density at radius 1 is 1.17 bits per heavy atom. The van der Waals surface area contributed by atoms with Crippen molar-refractivity contribution in [3.63, 3.8) is 0 Å². The number of aromatic nitrogens is 2. The molecule has 1 atom stereocenters. The molecule has 2 aromatic carbocycles. The molecule has 1 heterocycles. The maximum atomic E-state index is 7.46. The van der Waals surface area contributed by atoms with Crippen LogP contribution in [0.15, 0.2) is 59.7 Å². The van der Waals surface area contributed by atoms with E-state index in [1.165, 1.54) is 0 Å². The van der Waals surface area contributed by atoms with Crippen molar-refractivity contribution in [3.05, 3.63) is 82.1 Å². The van der Waals surface area contributed by atoms with Crippen LogP contribution < -0.4 is 11.2 Å². The lowest BCUT2D eigenvalue weighted by Gasteiger charge is -2.24. The number of hydrogen-bond donors (Lipinski definition) is 3. The van der Waals surface area contributed by atoms with Gasteiger partial charge in [0.25, 0.3) is 0 Å². The number of para-hydroxylation sites is 1. The molecule has 0 saturated carbocycles. The molecule has 0 amide bonds. The van der Waals surface area contributed by atoms with Crippen molar-refractivity contribution >= 4 is 35.7 Å². The van der Waals surface area contributed by atoms with Gasteiger partial charge in [0, 0.05) is 10.6 Å². The molecule has 0 fully saturated rings. The van der Waals surface area contributed by atoms with E-state index in [1.807, 2.05) is 60.1 Å². The van der Waals surface area contributed by atoms with Gasteiger partial charge in [-0.15, -0.1) is 12.4 Å². The van der Waals surface area contributed by atoms with Gasteiger partial charge in [0.1, 0.15) is 0 Å². The van der Waals surface area contributed by atoms with Crippen LogP contribution in [0, 0.1) is 12.3 Å². The Balaban J connectivity index is 0.00000240. The molecule has 3 aromatic rings. The molecule has 4 rings (SSSR count). The van der Waals surface area contributed by atoms with Crippen LogP contribution in [0.5, 0.6) is 0 Å². The highest BCUT2D eigenvalue weighted by atomic mass is 35.5. The second-order valence-electron chi connectivity index (χ2n) is 6.87. The summed E-state index contributed by atoms with van der Waals surface area (Å²) in [6.45, 7) is 2.04. The molecule has 150 valence electrons. The van der Waals surface area contributed by atoms with Crippen LogP contribution in [0.25, 0.3) is 5.69 Å². The zero-order chi connectivity index (χ0) is 19.7. The SMILES string of the molecule is Cc1c2c(nn1-c1ccccc1)CC(c1ccccc1Cl)CC2=NNC(=N)N.Cl. The Kier molecular flexibility index (Phi) is 6.25. The quantitative estimate of drug-likeness (QED) is 0.332. The summed E-state index contributed by atoms with van der Waals surface area (Å²) in [5.41, 5.74) is 14.0.